The van der Waals surface area contributed by atoms with Gasteiger partial charge in [-0.05, 0) is 28.5 Å². The number of benzene rings is 1. The van der Waals surface area contributed by atoms with Crippen molar-refractivity contribution in [1.82, 2.24) is 4.31 Å². The van der Waals surface area contributed by atoms with Gasteiger partial charge in [0.25, 0.3) is 10.0 Å². The molecule has 1 aromatic heterocycles. The predicted molar refractivity (Wildman–Crippen MR) is 76.8 cm³/mol. The van der Waals surface area contributed by atoms with E-state index in [9.17, 15) is 8.42 Å². The third-order valence-electron chi connectivity index (χ3n) is 3.50. The lowest BCUT2D eigenvalue weighted by Crippen LogP contribution is -2.37. The highest BCUT2D eigenvalue weighted by Gasteiger charge is 2.31. The third kappa shape index (κ3) is 2.22. The van der Waals surface area contributed by atoms with Crippen LogP contribution in [-0.2, 0) is 16.6 Å². The van der Waals surface area contributed by atoms with E-state index >= 15 is 0 Å². The van der Waals surface area contributed by atoms with Gasteiger partial charge >= 0.3 is 0 Å². The fourth-order valence-electron chi connectivity index (χ4n) is 2.54. The first kappa shape index (κ1) is 12.8. The van der Waals surface area contributed by atoms with Gasteiger partial charge in [0.15, 0.2) is 0 Å². The summed E-state index contributed by atoms with van der Waals surface area (Å²) in [5.41, 5.74) is 2.38. The number of nitrogens with zero attached hydrogens (tertiary/aromatic N) is 1. The summed E-state index contributed by atoms with van der Waals surface area (Å²) in [6, 6.07) is 11.5. The minimum absolute atomic E-state index is 0.236. The summed E-state index contributed by atoms with van der Waals surface area (Å²) in [4.78, 5) is 0. The molecule has 1 aliphatic heterocycles. The molecule has 2 heterocycles. The standard InChI is InChI=1S/C14H15NO2S2/c1-11-9-15(10-12-5-2-3-6-13(11)12)19(16,17)14-7-4-8-18-14/h2-8,11H,9-10H2,1H3. The molecular weight excluding hydrogens is 278 g/mol. The monoisotopic (exact) mass is 293 g/mol. The zero-order valence-electron chi connectivity index (χ0n) is 10.6. The maximum Gasteiger partial charge on any atom is 0.252 e. The second-order valence-corrected chi connectivity index (χ2v) is 7.94. The lowest BCUT2D eigenvalue weighted by Gasteiger charge is -2.31. The zero-order valence-corrected chi connectivity index (χ0v) is 12.2. The Kier molecular flexibility index (Phi) is 3.20. The highest BCUT2D eigenvalue weighted by atomic mass is 32.2. The Morgan fingerprint density at radius 3 is 2.74 bits per heavy atom. The molecule has 1 aromatic carbocycles. The van der Waals surface area contributed by atoms with Crippen LogP contribution >= 0.6 is 11.3 Å². The average Bonchev–Trinajstić information content (AvgIpc) is 2.93. The van der Waals surface area contributed by atoms with Crippen molar-refractivity contribution in [2.24, 2.45) is 0 Å². The quantitative estimate of drug-likeness (QED) is 0.853. The topological polar surface area (TPSA) is 37.4 Å². The SMILES string of the molecule is CC1CN(S(=O)(=O)c2cccs2)Cc2ccccc21. The van der Waals surface area contributed by atoms with Crippen LogP contribution in [-0.4, -0.2) is 19.3 Å². The van der Waals surface area contributed by atoms with Gasteiger partial charge in [0.2, 0.25) is 0 Å². The van der Waals surface area contributed by atoms with Crippen molar-refractivity contribution in [3.05, 3.63) is 52.9 Å². The average molecular weight is 293 g/mol. The van der Waals surface area contributed by atoms with Gasteiger partial charge in [-0.1, -0.05) is 37.3 Å². The van der Waals surface area contributed by atoms with Gasteiger partial charge in [-0.25, -0.2) is 8.42 Å². The minimum Gasteiger partial charge on any atom is -0.206 e. The van der Waals surface area contributed by atoms with Crippen LogP contribution in [0.1, 0.15) is 24.0 Å². The second kappa shape index (κ2) is 4.74. The second-order valence-electron chi connectivity index (χ2n) is 4.83. The molecule has 0 saturated heterocycles. The zero-order chi connectivity index (χ0) is 13.5. The maximum absolute atomic E-state index is 12.5. The van der Waals surface area contributed by atoms with E-state index < -0.39 is 10.0 Å². The summed E-state index contributed by atoms with van der Waals surface area (Å²) in [5.74, 6) is 0.236. The van der Waals surface area contributed by atoms with Gasteiger partial charge in [-0.3, -0.25) is 0 Å². The van der Waals surface area contributed by atoms with Gasteiger partial charge in [0.1, 0.15) is 4.21 Å². The molecular formula is C14H15NO2S2. The van der Waals surface area contributed by atoms with Crippen LogP contribution in [0.25, 0.3) is 0 Å². The summed E-state index contributed by atoms with van der Waals surface area (Å²) in [7, 11) is -3.34. The molecule has 1 unspecified atom stereocenters. The van der Waals surface area contributed by atoms with Crippen molar-refractivity contribution in [1.29, 1.82) is 0 Å². The number of thiophene rings is 1. The molecule has 3 rings (SSSR count). The van der Waals surface area contributed by atoms with E-state index in [-0.39, 0.29) is 5.92 Å². The molecule has 0 aliphatic carbocycles. The first-order valence-corrected chi connectivity index (χ1v) is 8.52. The number of sulfonamides is 1. The molecule has 1 atom stereocenters. The first-order chi connectivity index (χ1) is 9.09. The Morgan fingerprint density at radius 2 is 2.00 bits per heavy atom. The number of hydrogen-bond acceptors (Lipinski definition) is 3. The van der Waals surface area contributed by atoms with E-state index in [1.807, 2.05) is 18.2 Å². The summed E-state index contributed by atoms with van der Waals surface area (Å²) < 4.78 is 27.1. The molecule has 0 spiro atoms. The molecule has 5 heteroatoms. The molecule has 0 saturated carbocycles. The number of hydrogen-bond donors (Lipinski definition) is 0. The smallest absolute Gasteiger partial charge is 0.206 e. The maximum atomic E-state index is 12.5. The van der Waals surface area contributed by atoms with Gasteiger partial charge in [0, 0.05) is 13.1 Å². The van der Waals surface area contributed by atoms with E-state index in [0.717, 1.165) is 5.56 Å². The van der Waals surface area contributed by atoms with E-state index in [1.54, 1.807) is 21.8 Å². The van der Waals surface area contributed by atoms with Crippen LogP contribution in [0.3, 0.4) is 0 Å². The largest absolute Gasteiger partial charge is 0.252 e. The molecule has 0 radical (unpaired) electrons. The Hall–Kier alpha value is -1.17. The van der Waals surface area contributed by atoms with Crippen molar-refractivity contribution < 1.29 is 8.42 Å². The molecule has 19 heavy (non-hydrogen) atoms. The molecule has 0 N–H and O–H groups in total. The lowest BCUT2D eigenvalue weighted by atomic mass is 9.92. The summed E-state index contributed by atoms with van der Waals surface area (Å²) in [5, 5.41) is 1.80. The van der Waals surface area contributed by atoms with Crippen LogP contribution in [0.5, 0.6) is 0 Å². The Balaban J connectivity index is 1.98. The van der Waals surface area contributed by atoms with Crippen molar-refractivity contribution >= 4 is 21.4 Å². The summed E-state index contributed by atoms with van der Waals surface area (Å²) >= 11 is 1.28. The molecule has 2 aromatic rings. The summed E-state index contributed by atoms with van der Waals surface area (Å²) in [6.07, 6.45) is 0. The first-order valence-electron chi connectivity index (χ1n) is 6.20. The fraction of sp³-hybridized carbons (Fsp3) is 0.286. The highest BCUT2D eigenvalue weighted by molar-refractivity contribution is 7.91. The third-order valence-corrected chi connectivity index (χ3v) is 6.68. The van der Waals surface area contributed by atoms with Crippen LogP contribution in [0.4, 0.5) is 0 Å². The summed E-state index contributed by atoms with van der Waals surface area (Å²) in [6.45, 7) is 3.10. The van der Waals surface area contributed by atoms with E-state index in [4.69, 9.17) is 0 Å². The van der Waals surface area contributed by atoms with Crippen LogP contribution in [0.2, 0.25) is 0 Å². The number of fused-ring (bicyclic) bond motifs is 1. The van der Waals surface area contributed by atoms with E-state index in [1.165, 1.54) is 16.9 Å². The molecule has 0 fully saturated rings. The van der Waals surface area contributed by atoms with Gasteiger partial charge in [0.05, 0.1) is 0 Å². The van der Waals surface area contributed by atoms with Crippen molar-refractivity contribution in [2.75, 3.05) is 6.54 Å². The Bertz CT molecular complexity index is 677. The van der Waals surface area contributed by atoms with Crippen LogP contribution < -0.4 is 0 Å². The van der Waals surface area contributed by atoms with E-state index in [2.05, 4.69) is 13.0 Å². The van der Waals surface area contributed by atoms with Gasteiger partial charge in [-0.15, -0.1) is 11.3 Å². The molecule has 3 nitrogen and oxygen atoms in total. The normalized spacial score (nSPS) is 20.2. The van der Waals surface area contributed by atoms with Crippen LogP contribution in [0.15, 0.2) is 46.0 Å². The number of rotatable bonds is 2. The van der Waals surface area contributed by atoms with Crippen molar-refractivity contribution in [3.63, 3.8) is 0 Å². The lowest BCUT2D eigenvalue weighted by molar-refractivity contribution is 0.364. The van der Waals surface area contributed by atoms with Crippen molar-refractivity contribution in [2.45, 2.75) is 23.6 Å². The minimum atomic E-state index is -3.34. The predicted octanol–water partition coefficient (Wildman–Crippen LogP) is 3.06. The molecule has 0 amide bonds. The molecule has 100 valence electrons. The van der Waals surface area contributed by atoms with Gasteiger partial charge in [-0.2, -0.15) is 4.31 Å². The molecule has 1 aliphatic rings. The fourth-order valence-corrected chi connectivity index (χ4v) is 5.19. The van der Waals surface area contributed by atoms with Gasteiger partial charge < -0.3 is 0 Å². The van der Waals surface area contributed by atoms with Crippen LogP contribution in [0, 0.1) is 0 Å². The molecule has 0 bridgehead atoms. The Labute approximate surface area is 117 Å². The Morgan fingerprint density at radius 1 is 1.21 bits per heavy atom. The van der Waals surface area contributed by atoms with E-state index in [0.29, 0.717) is 17.3 Å². The van der Waals surface area contributed by atoms with Crippen molar-refractivity contribution in [3.8, 4) is 0 Å². The highest BCUT2D eigenvalue weighted by Crippen LogP contribution is 2.32.